The van der Waals surface area contributed by atoms with Crippen LogP contribution in [0.3, 0.4) is 0 Å². The van der Waals surface area contributed by atoms with Crippen LogP contribution in [0.5, 0.6) is 0 Å². The largest absolute Gasteiger partial charge is 0.341 e. The summed E-state index contributed by atoms with van der Waals surface area (Å²) < 4.78 is 0. The van der Waals surface area contributed by atoms with Crippen LogP contribution in [0, 0.1) is 5.92 Å². The number of carbonyl (C=O) groups is 1. The normalized spacial score (nSPS) is 16.8. The Labute approximate surface area is 104 Å². The monoisotopic (exact) mass is 231 g/mol. The van der Waals surface area contributed by atoms with Gasteiger partial charge in [-0.2, -0.15) is 0 Å². The number of nitrogens with zero attached hydrogens (tertiary/aromatic N) is 1. The van der Waals surface area contributed by atoms with Crippen molar-refractivity contribution in [2.75, 3.05) is 7.05 Å². The van der Waals surface area contributed by atoms with Gasteiger partial charge in [-0.3, -0.25) is 4.79 Å². The third-order valence-corrected chi connectivity index (χ3v) is 3.59. The number of carbonyl (C=O) groups excluding carboxylic acids is 1. The van der Waals surface area contributed by atoms with E-state index in [2.05, 4.69) is 12.1 Å². The average Bonchev–Trinajstić information content (AvgIpc) is 2.40. The van der Waals surface area contributed by atoms with Gasteiger partial charge in [-0.15, -0.1) is 0 Å². The van der Waals surface area contributed by atoms with Crippen LogP contribution in [0.2, 0.25) is 0 Å². The predicted octanol–water partition coefficient (Wildman–Crippen LogP) is 3.23. The lowest BCUT2D eigenvalue weighted by atomic mass is 9.88. The Morgan fingerprint density at radius 3 is 2.47 bits per heavy atom. The molecule has 0 aromatic heterocycles. The molecule has 1 aromatic rings. The molecule has 0 N–H and O–H groups in total. The first kappa shape index (κ1) is 12.2. The standard InChI is InChI=1S/C15H21NO/c1-16(12-13-8-4-2-5-9-13)15(17)14-10-6-3-7-11-14/h2,4-5,8-9,14H,3,6-7,10-12H2,1H3. The van der Waals surface area contributed by atoms with Crippen molar-refractivity contribution in [1.82, 2.24) is 4.90 Å². The van der Waals surface area contributed by atoms with Gasteiger partial charge in [-0.05, 0) is 18.4 Å². The summed E-state index contributed by atoms with van der Waals surface area (Å²) in [5.41, 5.74) is 1.21. The van der Waals surface area contributed by atoms with Crippen molar-refractivity contribution in [3.05, 3.63) is 35.9 Å². The maximum Gasteiger partial charge on any atom is 0.225 e. The molecule has 0 atom stereocenters. The van der Waals surface area contributed by atoms with Crippen LogP contribution < -0.4 is 0 Å². The molecule has 0 aliphatic heterocycles. The van der Waals surface area contributed by atoms with E-state index in [0.717, 1.165) is 19.4 Å². The topological polar surface area (TPSA) is 20.3 Å². The molecule has 1 aromatic carbocycles. The molecule has 0 radical (unpaired) electrons. The number of hydrogen-bond acceptors (Lipinski definition) is 1. The van der Waals surface area contributed by atoms with Gasteiger partial charge in [0.2, 0.25) is 5.91 Å². The van der Waals surface area contributed by atoms with Crippen LogP contribution in [0.4, 0.5) is 0 Å². The molecule has 92 valence electrons. The highest BCUT2D eigenvalue weighted by Crippen LogP contribution is 2.25. The summed E-state index contributed by atoms with van der Waals surface area (Å²) in [7, 11) is 1.92. The van der Waals surface area contributed by atoms with Gasteiger partial charge in [0.25, 0.3) is 0 Å². The molecule has 0 saturated heterocycles. The molecule has 1 fully saturated rings. The molecule has 0 bridgehead atoms. The van der Waals surface area contributed by atoms with Crippen molar-refractivity contribution in [2.45, 2.75) is 38.6 Å². The van der Waals surface area contributed by atoms with Crippen molar-refractivity contribution < 1.29 is 4.79 Å². The highest BCUT2D eigenvalue weighted by atomic mass is 16.2. The van der Waals surface area contributed by atoms with Gasteiger partial charge in [0.1, 0.15) is 0 Å². The van der Waals surface area contributed by atoms with Crippen LogP contribution >= 0.6 is 0 Å². The Morgan fingerprint density at radius 2 is 1.82 bits per heavy atom. The van der Waals surface area contributed by atoms with Crippen LogP contribution in [-0.2, 0) is 11.3 Å². The molecule has 0 spiro atoms. The maximum atomic E-state index is 12.2. The summed E-state index contributed by atoms with van der Waals surface area (Å²) in [6.07, 6.45) is 5.90. The number of hydrogen-bond donors (Lipinski definition) is 0. The van der Waals surface area contributed by atoms with Crippen molar-refractivity contribution >= 4 is 5.91 Å². The van der Waals surface area contributed by atoms with E-state index in [4.69, 9.17) is 0 Å². The lowest BCUT2D eigenvalue weighted by Gasteiger charge is -2.26. The third kappa shape index (κ3) is 3.32. The van der Waals surface area contributed by atoms with E-state index in [1.54, 1.807) is 0 Å². The lowest BCUT2D eigenvalue weighted by molar-refractivity contribution is -0.135. The van der Waals surface area contributed by atoms with Gasteiger partial charge in [0.15, 0.2) is 0 Å². The quantitative estimate of drug-likeness (QED) is 0.782. The Kier molecular flexibility index (Phi) is 4.18. The van der Waals surface area contributed by atoms with Crippen LogP contribution in [0.1, 0.15) is 37.7 Å². The number of rotatable bonds is 3. The Hall–Kier alpha value is -1.31. The first-order valence-electron chi connectivity index (χ1n) is 6.56. The zero-order chi connectivity index (χ0) is 12.1. The minimum Gasteiger partial charge on any atom is -0.341 e. The summed E-state index contributed by atoms with van der Waals surface area (Å²) in [5, 5.41) is 0. The van der Waals surface area contributed by atoms with E-state index >= 15 is 0 Å². The van der Waals surface area contributed by atoms with Crippen LogP contribution in [-0.4, -0.2) is 17.9 Å². The molecule has 2 rings (SSSR count). The SMILES string of the molecule is CN(Cc1ccccc1)C(=O)C1CCCCC1. The van der Waals surface area contributed by atoms with Crippen LogP contribution in [0.15, 0.2) is 30.3 Å². The Balaban J connectivity index is 1.90. The molecule has 1 aliphatic rings. The molecule has 0 unspecified atom stereocenters. The van der Waals surface area contributed by atoms with Crippen molar-refractivity contribution in [1.29, 1.82) is 0 Å². The second-order valence-electron chi connectivity index (χ2n) is 5.01. The zero-order valence-corrected chi connectivity index (χ0v) is 10.6. The minimum absolute atomic E-state index is 0.275. The van der Waals surface area contributed by atoms with E-state index in [1.807, 2.05) is 30.1 Å². The smallest absolute Gasteiger partial charge is 0.225 e. The molecule has 1 aliphatic carbocycles. The highest BCUT2D eigenvalue weighted by molar-refractivity contribution is 5.78. The van der Waals surface area contributed by atoms with Gasteiger partial charge < -0.3 is 4.90 Å². The number of amides is 1. The Morgan fingerprint density at radius 1 is 1.18 bits per heavy atom. The third-order valence-electron chi connectivity index (χ3n) is 3.59. The molecule has 17 heavy (non-hydrogen) atoms. The fourth-order valence-electron chi connectivity index (χ4n) is 2.60. The first-order valence-corrected chi connectivity index (χ1v) is 6.56. The van der Waals surface area contributed by atoms with Gasteiger partial charge >= 0.3 is 0 Å². The van der Waals surface area contributed by atoms with E-state index in [0.29, 0.717) is 5.91 Å². The number of benzene rings is 1. The Bertz CT molecular complexity index is 354. The lowest BCUT2D eigenvalue weighted by Crippen LogP contribution is -2.33. The molecule has 2 heteroatoms. The summed E-state index contributed by atoms with van der Waals surface area (Å²) in [6, 6.07) is 10.2. The summed E-state index contributed by atoms with van der Waals surface area (Å²) in [5.74, 6) is 0.603. The molecule has 1 amide bonds. The van der Waals surface area contributed by atoms with Gasteiger partial charge in [-0.25, -0.2) is 0 Å². The molecule has 0 heterocycles. The average molecular weight is 231 g/mol. The first-order chi connectivity index (χ1) is 8.27. The summed E-state index contributed by atoms with van der Waals surface area (Å²) >= 11 is 0. The predicted molar refractivity (Wildman–Crippen MR) is 69.5 cm³/mol. The molecule has 2 nitrogen and oxygen atoms in total. The maximum absolute atomic E-state index is 12.2. The highest BCUT2D eigenvalue weighted by Gasteiger charge is 2.23. The summed E-state index contributed by atoms with van der Waals surface area (Å²) in [4.78, 5) is 14.1. The second-order valence-corrected chi connectivity index (χ2v) is 5.01. The van der Waals surface area contributed by atoms with Crippen molar-refractivity contribution in [2.24, 2.45) is 5.92 Å². The van der Waals surface area contributed by atoms with Crippen molar-refractivity contribution in [3.8, 4) is 0 Å². The minimum atomic E-state index is 0.275. The molecule has 1 saturated carbocycles. The second kappa shape index (κ2) is 5.85. The van der Waals surface area contributed by atoms with E-state index in [9.17, 15) is 4.79 Å². The molecular formula is C15H21NO. The fraction of sp³-hybridized carbons (Fsp3) is 0.533. The molecular weight excluding hydrogens is 210 g/mol. The van der Waals surface area contributed by atoms with E-state index < -0.39 is 0 Å². The zero-order valence-electron chi connectivity index (χ0n) is 10.6. The van der Waals surface area contributed by atoms with Gasteiger partial charge in [-0.1, -0.05) is 49.6 Å². The van der Waals surface area contributed by atoms with E-state index in [1.165, 1.54) is 24.8 Å². The summed E-state index contributed by atoms with van der Waals surface area (Å²) in [6.45, 7) is 0.732. The van der Waals surface area contributed by atoms with E-state index in [-0.39, 0.29) is 5.92 Å². The van der Waals surface area contributed by atoms with Gasteiger partial charge in [0, 0.05) is 19.5 Å². The van der Waals surface area contributed by atoms with Crippen molar-refractivity contribution in [3.63, 3.8) is 0 Å². The fourth-order valence-corrected chi connectivity index (χ4v) is 2.60. The van der Waals surface area contributed by atoms with Crippen LogP contribution in [0.25, 0.3) is 0 Å². The van der Waals surface area contributed by atoms with Gasteiger partial charge in [0.05, 0.1) is 0 Å².